The zero-order chi connectivity index (χ0) is 25.3. The average molecular weight is 504 g/mol. The fourth-order valence-electron chi connectivity index (χ4n) is 4.94. The van der Waals surface area contributed by atoms with E-state index in [0.29, 0.717) is 21.7 Å². The van der Waals surface area contributed by atoms with Gasteiger partial charge in [-0.3, -0.25) is 4.79 Å². The lowest BCUT2D eigenvalue weighted by atomic mass is 9.99. The molecule has 8 heteroatoms. The van der Waals surface area contributed by atoms with E-state index in [1.54, 1.807) is 60.5 Å². The monoisotopic (exact) mass is 503 g/mol. The van der Waals surface area contributed by atoms with Crippen molar-refractivity contribution in [1.29, 1.82) is 0 Å². The van der Waals surface area contributed by atoms with Crippen LogP contribution in [0.4, 0.5) is 13.2 Å². The molecule has 2 heterocycles. The van der Waals surface area contributed by atoms with Gasteiger partial charge in [0, 0.05) is 30.2 Å². The molecule has 35 heavy (non-hydrogen) atoms. The smallest absolute Gasteiger partial charge is 0.337 e. The summed E-state index contributed by atoms with van der Waals surface area (Å²) in [6, 6.07) is 15.5. The standard InChI is InChI=1S/C27H29ClF3N3O/c1-18-23(20-9-11-21(28)12-10-20)24(26(35)33(3)22-13-15-32(2)16-14-22)34(25(18)27(29,30)31)17-19-7-5-4-6-8-19/h4-12,22H,13-17H2,1-3H3. The summed E-state index contributed by atoms with van der Waals surface area (Å²) in [5.41, 5.74) is 0.815. The molecule has 1 amide bonds. The van der Waals surface area contributed by atoms with Crippen LogP contribution in [0.15, 0.2) is 54.6 Å². The van der Waals surface area contributed by atoms with Gasteiger partial charge in [0.25, 0.3) is 5.91 Å². The number of piperidine rings is 1. The fourth-order valence-corrected chi connectivity index (χ4v) is 5.07. The summed E-state index contributed by atoms with van der Waals surface area (Å²) in [6.07, 6.45) is -3.08. The molecule has 0 aliphatic carbocycles. The Morgan fingerprint density at radius 3 is 2.23 bits per heavy atom. The highest BCUT2D eigenvalue weighted by molar-refractivity contribution is 6.30. The van der Waals surface area contributed by atoms with Crippen LogP contribution in [0.25, 0.3) is 11.1 Å². The maximum absolute atomic E-state index is 14.5. The van der Waals surface area contributed by atoms with Crippen molar-refractivity contribution in [3.63, 3.8) is 0 Å². The lowest BCUT2D eigenvalue weighted by Crippen LogP contribution is -2.45. The molecule has 1 aliphatic heterocycles. The van der Waals surface area contributed by atoms with Crippen LogP contribution in [0.2, 0.25) is 5.02 Å². The van der Waals surface area contributed by atoms with Crippen molar-refractivity contribution >= 4 is 17.5 Å². The topological polar surface area (TPSA) is 28.5 Å². The van der Waals surface area contributed by atoms with E-state index in [-0.39, 0.29) is 23.8 Å². The number of likely N-dealkylation sites (tertiary alicyclic amines) is 1. The Bertz CT molecular complexity index is 1180. The molecule has 1 saturated heterocycles. The number of carbonyl (C=O) groups excluding carboxylic acids is 1. The Hall–Kier alpha value is -2.77. The second-order valence-electron chi connectivity index (χ2n) is 9.22. The molecule has 1 aromatic heterocycles. The van der Waals surface area contributed by atoms with Gasteiger partial charge < -0.3 is 14.4 Å². The van der Waals surface area contributed by atoms with Gasteiger partial charge in [0.1, 0.15) is 11.4 Å². The van der Waals surface area contributed by atoms with Crippen LogP contribution in [-0.4, -0.2) is 53.5 Å². The van der Waals surface area contributed by atoms with Crippen molar-refractivity contribution in [3.05, 3.63) is 82.1 Å². The van der Waals surface area contributed by atoms with E-state index in [2.05, 4.69) is 4.90 Å². The van der Waals surface area contributed by atoms with Gasteiger partial charge in [-0.2, -0.15) is 13.2 Å². The number of halogens is 4. The molecule has 1 aliphatic rings. The quantitative estimate of drug-likeness (QED) is 0.406. The first-order valence-electron chi connectivity index (χ1n) is 11.6. The van der Waals surface area contributed by atoms with Crippen LogP contribution >= 0.6 is 11.6 Å². The molecule has 2 aromatic carbocycles. The van der Waals surface area contributed by atoms with E-state index in [4.69, 9.17) is 11.6 Å². The molecule has 0 bridgehead atoms. The van der Waals surface area contributed by atoms with Crippen LogP contribution in [0, 0.1) is 6.92 Å². The summed E-state index contributed by atoms with van der Waals surface area (Å²) in [6.45, 7) is 3.06. The maximum atomic E-state index is 14.5. The summed E-state index contributed by atoms with van der Waals surface area (Å²) in [7, 11) is 3.73. The highest BCUT2D eigenvalue weighted by Crippen LogP contribution is 2.42. The van der Waals surface area contributed by atoms with Gasteiger partial charge in [-0.1, -0.05) is 54.1 Å². The van der Waals surface area contributed by atoms with Crippen LogP contribution in [-0.2, 0) is 12.7 Å². The first-order valence-corrected chi connectivity index (χ1v) is 12.0. The Kier molecular flexibility index (Phi) is 7.29. The molecule has 0 radical (unpaired) electrons. The van der Waals surface area contributed by atoms with Crippen LogP contribution in [0.3, 0.4) is 0 Å². The largest absolute Gasteiger partial charge is 0.431 e. The van der Waals surface area contributed by atoms with Gasteiger partial charge in [-0.25, -0.2) is 0 Å². The van der Waals surface area contributed by atoms with E-state index in [1.807, 2.05) is 13.1 Å². The van der Waals surface area contributed by atoms with Crippen molar-refractivity contribution in [3.8, 4) is 11.1 Å². The molecule has 0 unspecified atom stereocenters. The summed E-state index contributed by atoms with van der Waals surface area (Å²) < 4.78 is 44.6. The number of rotatable bonds is 5. The molecule has 0 atom stereocenters. The van der Waals surface area contributed by atoms with Gasteiger partial charge in [0.15, 0.2) is 0 Å². The molecule has 0 spiro atoms. The number of benzene rings is 2. The zero-order valence-corrected chi connectivity index (χ0v) is 20.8. The lowest BCUT2D eigenvalue weighted by molar-refractivity contribution is -0.143. The molecule has 3 aromatic rings. The van der Waals surface area contributed by atoms with E-state index in [1.165, 1.54) is 6.92 Å². The molecular formula is C27H29ClF3N3O. The van der Waals surface area contributed by atoms with Crippen LogP contribution in [0.5, 0.6) is 0 Å². The minimum Gasteiger partial charge on any atom is -0.337 e. The van der Waals surface area contributed by atoms with Crippen molar-refractivity contribution < 1.29 is 18.0 Å². The van der Waals surface area contributed by atoms with E-state index in [9.17, 15) is 18.0 Å². The van der Waals surface area contributed by atoms with E-state index in [0.717, 1.165) is 30.5 Å². The number of alkyl halides is 3. The fraction of sp³-hybridized carbons (Fsp3) is 0.370. The zero-order valence-electron chi connectivity index (χ0n) is 20.1. The Balaban J connectivity index is 1.91. The minimum absolute atomic E-state index is 0.0357. The van der Waals surface area contributed by atoms with E-state index < -0.39 is 17.8 Å². The van der Waals surface area contributed by atoms with Gasteiger partial charge in [0.05, 0.1) is 0 Å². The summed E-state index contributed by atoms with van der Waals surface area (Å²) in [5.74, 6) is -0.404. The highest BCUT2D eigenvalue weighted by atomic mass is 35.5. The Morgan fingerprint density at radius 2 is 1.66 bits per heavy atom. The number of nitrogens with zero attached hydrogens (tertiary/aromatic N) is 3. The molecule has 0 N–H and O–H groups in total. The number of hydrogen-bond donors (Lipinski definition) is 0. The third kappa shape index (κ3) is 5.26. The predicted octanol–water partition coefficient (Wildman–Crippen LogP) is 6.35. The van der Waals surface area contributed by atoms with Crippen molar-refractivity contribution in [2.45, 2.75) is 38.5 Å². The Labute approximate surface area is 208 Å². The summed E-state index contributed by atoms with van der Waals surface area (Å²) in [5, 5.41) is 0.475. The van der Waals surface area contributed by atoms with Gasteiger partial charge in [0.2, 0.25) is 0 Å². The van der Waals surface area contributed by atoms with E-state index >= 15 is 0 Å². The second kappa shape index (κ2) is 10.1. The number of hydrogen-bond acceptors (Lipinski definition) is 2. The van der Waals surface area contributed by atoms with Gasteiger partial charge in [-0.15, -0.1) is 0 Å². The van der Waals surface area contributed by atoms with Crippen molar-refractivity contribution in [1.82, 2.24) is 14.4 Å². The molecule has 4 rings (SSSR count). The van der Waals surface area contributed by atoms with Gasteiger partial charge in [-0.05, 0) is 68.7 Å². The van der Waals surface area contributed by atoms with Gasteiger partial charge >= 0.3 is 6.18 Å². The van der Waals surface area contributed by atoms with Crippen LogP contribution < -0.4 is 0 Å². The lowest BCUT2D eigenvalue weighted by Gasteiger charge is -2.35. The predicted molar refractivity (Wildman–Crippen MR) is 133 cm³/mol. The first-order chi connectivity index (χ1) is 16.6. The SMILES string of the molecule is Cc1c(-c2ccc(Cl)cc2)c(C(=O)N(C)C2CCN(C)CC2)n(Cc2ccccc2)c1C(F)(F)F. The maximum Gasteiger partial charge on any atom is 0.431 e. The van der Waals surface area contributed by atoms with Crippen molar-refractivity contribution in [2.24, 2.45) is 0 Å². The highest BCUT2D eigenvalue weighted by Gasteiger charge is 2.42. The Morgan fingerprint density at radius 1 is 1.06 bits per heavy atom. The molecule has 1 fully saturated rings. The van der Waals surface area contributed by atoms with Crippen molar-refractivity contribution in [2.75, 3.05) is 27.2 Å². The third-order valence-corrected chi connectivity index (χ3v) is 7.10. The third-order valence-electron chi connectivity index (χ3n) is 6.85. The van der Waals surface area contributed by atoms with Crippen LogP contribution in [0.1, 0.15) is 40.2 Å². The second-order valence-corrected chi connectivity index (χ2v) is 9.66. The molecular weight excluding hydrogens is 475 g/mol. The normalized spacial score (nSPS) is 15.4. The number of aromatic nitrogens is 1. The molecule has 0 saturated carbocycles. The molecule has 4 nitrogen and oxygen atoms in total. The summed E-state index contributed by atoms with van der Waals surface area (Å²) >= 11 is 6.06. The summed E-state index contributed by atoms with van der Waals surface area (Å²) in [4.78, 5) is 17.8. The number of amides is 1. The minimum atomic E-state index is -4.63. The number of carbonyl (C=O) groups is 1. The molecule has 186 valence electrons. The first kappa shape index (κ1) is 25.3. The average Bonchev–Trinajstić information content (AvgIpc) is 3.11.